The van der Waals surface area contributed by atoms with Crippen molar-refractivity contribution in [3.63, 3.8) is 0 Å². The number of hydrogen-bond donors (Lipinski definition) is 2. The van der Waals surface area contributed by atoms with Crippen molar-refractivity contribution in [1.29, 1.82) is 0 Å². The summed E-state index contributed by atoms with van der Waals surface area (Å²) in [5, 5.41) is 12.4. The normalized spacial score (nSPS) is 29.0. The topological polar surface area (TPSA) is 35.5 Å². The number of nitrogens with zero attached hydrogens (tertiary/aromatic N) is 1. The van der Waals surface area contributed by atoms with Crippen molar-refractivity contribution in [1.82, 2.24) is 10.2 Å². The number of hydrogen-bond acceptors (Lipinski definition) is 3. The SMILES string of the molecule is CN(C)CCNCC1CC(O)C1. The third kappa shape index (κ3) is 3.52. The smallest absolute Gasteiger partial charge is 0.0546 e. The monoisotopic (exact) mass is 172 g/mol. The highest BCUT2D eigenvalue weighted by Crippen LogP contribution is 2.25. The number of nitrogens with one attached hydrogen (secondary N) is 1. The summed E-state index contributed by atoms with van der Waals surface area (Å²) in [6, 6.07) is 0. The van der Waals surface area contributed by atoms with Crippen LogP contribution in [0.15, 0.2) is 0 Å². The molecule has 12 heavy (non-hydrogen) atoms. The first-order valence-corrected chi connectivity index (χ1v) is 4.72. The maximum absolute atomic E-state index is 9.03. The predicted molar refractivity (Wildman–Crippen MR) is 50.2 cm³/mol. The molecule has 0 spiro atoms. The van der Waals surface area contributed by atoms with Crippen molar-refractivity contribution in [2.75, 3.05) is 33.7 Å². The Morgan fingerprint density at radius 1 is 1.42 bits per heavy atom. The molecule has 0 amide bonds. The molecule has 0 aromatic carbocycles. The zero-order valence-electron chi connectivity index (χ0n) is 8.08. The van der Waals surface area contributed by atoms with E-state index in [0.29, 0.717) is 0 Å². The van der Waals surface area contributed by atoms with E-state index in [4.69, 9.17) is 5.11 Å². The number of rotatable bonds is 5. The molecule has 1 aliphatic rings. The second-order valence-electron chi connectivity index (χ2n) is 4.00. The predicted octanol–water partition coefficient (Wildman–Crippen LogP) is -0.0915. The van der Waals surface area contributed by atoms with Gasteiger partial charge in [-0.05, 0) is 39.4 Å². The van der Waals surface area contributed by atoms with Crippen molar-refractivity contribution in [3.05, 3.63) is 0 Å². The molecule has 1 aliphatic carbocycles. The summed E-state index contributed by atoms with van der Waals surface area (Å²) in [4.78, 5) is 2.17. The summed E-state index contributed by atoms with van der Waals surface area (Å²) in [6.07, 6.45) is 1.98. The van der Waals surface area contributed by atoms with Gasteiger partial charge in [0.15, 0.2) is 0 Å². The molecule has 1 rings (SSSR count). The second-order valence-corrected chi connectivity index (χ2v) is 4.00. The van der Waals surface area contributed by atoms with Gasteiger partial charge in [0, 0.05) is 13.1 Å². The van der Waals surface area contributed by atoms with Crippen LogP contribution >= 0.6 is 0 Å². The van der Waals surface area contributed by atoms with Gasteiger partial charge >= 0.3 is 0 Å². The molecule has 2 N–H and O–H groups in total. The van der Waals surface area contributed by atoms with Crippen molar-refractivity contribution in [2.45, 2.75) is 18.9 Å². The third-order valence-electron chi connectivity index (χ3n) is 2.38. The molecule has 0 radical (unpaired) electrons. The van der Waals surface area contributed by atoms with Crippen LogP contribution in [0, 0.1) is 5.92 Å². The van der Waals surface area contributed by atoms with E-state index < -0.39 is 0 Å². The molecule has 3 nitrogen and oxygen atoms in total. The molecule has 72 valence electrons. The summed E-state index contributed by atoms with van der Waals surface area (Å²) in [7, 11) is 4.16. The highest BCUT2D eigenvalue weighted by atomic mass is 16.3. The summed E-state index contributed by atoms with van der Waals surface area (Å²) in [6.45, 7) is 3.22. The average molecular weight is 172 g/mol. The first kappa shape index (κ1) is 9.96. The number of aliphatic hydroxyl groups excluding tert-OH is 1. The standard InChI is InChI=1S/C9H20N2O/c1-11(2)4-3-10-7-8-5-9(12)6-8/h8-10,12H,3-7H2,1-2H3. The molecule has 0 atom stereocenters. The Balaban J connectivity index is 1.83. The lowest BCUT2D eigenvalue weighted by molar-refractivity contribution is 0.0430. The third-order valence-corrected chi connectivity index (χ3v) is 2.38. The van der Waals surface area contributed by atoms with E-state index in [9.17, 15) is 0 Å². The molecule has 1 saturated carbocycles. The minimum Gasteiger partial charge on any atom is -0.393 e. The highest BCUT2D eigenvalue weighted by Gasteiger charge is 2.26. The Morgan fingerprint density at radius 3 is 2.58 bits per heavy atom. The molecule has 0 heterocycles. The van der Waals surface area contributed by atoms with Gasteiger partial charge in [0.1, 0.15) is 0 Å². The van der Waals surface area contributed by atoms with Crippen LogP contribution in [0.2, 0.25) is 0 Å². The van der Waals surface area contributed by atoms with E-state index in [1.165, 1.54) is 0 Å². The molecule has 3 heteroatoms. The quantitative estimate of drug-likeness (QED) is 0.569. The van der Waals surface area contributed by atoms with Crippen LogP contribution in [0.4, 0.5) is 0 Å². The van der Waals surface area contributed by atoms with Gasteiger partial charge in [0.2, 0.25) is 0 Å². The average Bonchev–Trinajstić information content (AvgIpc) is 1.93. The number of likely N-dealkylation sites (N-methyl/N-ethyl adjacent to an activating group) is 1. The molecule has 1 fully saturated rings. The van der Waals surface area contributed by atoms with Gasteiger partial charge in [0.25, 0.3) is 0 Å². The van der Waals surface area contributed by atoms with Crippen molar-refractivity contribution in [3.8, 4) is 0 Å². The molecular formula is C9H20N2O. The summed E-state index contributed by atoms with van der Waals surface area (Å²) >= 11 is 0. The van der Waals surface area contributed by atoms with Gasteiger partial charge < -0.3 is 15.3 Å². The fourth-order valence-electron chi connectivity index (χ4n) is 1.48. The molecular weight excluding hydrogens is 152 g/mol. The van der Waals surface area contributed by atoms with E-state index in [1.807, 2.05) is 0 Å². The Labute approximate surface area is 74.8 Å². The minimum atomic E-state index is -0.00866. The Morgan fingerprint density at radius 2 is 2.08 bits per heavy atom. The van der Waals surface area contributed by atoms with Crippen LogP contribution in [-0.4, -0.2) is 49.8 Å². The summed E-state index contributed by atoms with van der Waals surface area (Å²) in [5.74, 6) is 0.724. The molecule has 0 aliphatic heterocycles. The highest BCUT2D eigenvalue weighted by molar-refractivity contribution is 4.79. The fourth-order valence-corrected chi connectivity index (χ4v) is 1.48. The molecule has 0 saturated heterocycles. The lowest BCUT2D eigenvalue weighted by Crippen LogP contribution is -2.38. The summed E-state index contributed by atoms with van der Waals surface area (Å²) < 4.78 is 0. The molecule has 0 aromatic rings. The van der Waals surface area contributed by atoms with E-state index in [2.05, 4.69) is 24.3 Å². The number of aliphatic hydroxyl groups is 1. The fraction of sp³-hybridized carbons (Fsp3) is 1.00. The van der Waals surface area contributed by atoms with E-state index in [-0.39, 0.29) is 6.10 Å². The maximum Gasteiger partial charge on any atom is 0.0546 e. The van der Waals surface area contributed by atoms with Gasteiger partial charge in [-0.25, -0.2) is 0 Å². The maximum atomic E-state index is 9.03. The molecule has 0 bridgehead atoms. The van der Waals surface area contributed by atoms with Crippen LogP contribution in [0.25, 0.3) is 0 Å². The van der Waals surface area contributed by atoms with Crippen molar-refractivity contribution in [2.24, 2.45) is 5.92 Å². The Kier molecular flexibility index (Phi) is 3.98. The van der Waals surface area contributed by atoms with Gasteiger partial charge in [-0.1, -0.05) is 0 Å². The van der Waals surface area contributed by atoms with Crippen LogP contribution < -0.4 is 5.32 Å². The Bertz CT molecular complexity index is 122. The zero-order valence-corrected chi connectivity index (χ0v) is 8.08. The van der Waals surface area contributed by atoms with Gasteiger partial charge in [0.05, 0.1) is 6.10 Å². The van der Waals surface area contributed by atoms with Crippen molar-refractivity contribution >= 4 is 0 Å². The lowest BCUT2D eigenvalue weighted by atomic mass is 9.82. The van der Waals surface area contributed by atoms with Crippen molar-refractivity contribution < 1.29 is 5.11 Å². The Hall–Kier alpha value is -0.120. The van der Waals surface area contributed by atoms with E-state index in [0.717, 1.165) is 38.4 Å². The molecule has 0 unspecified atom stereocenters. The summed E-state index contributed by atoms with van der Waals surface area (Å²) in [5.41, 5.74) is 0. The first-order valence-electron chi connectivity index (χ1n) is 4.72. The van der Waals surface area contributed by atoms with Crippen LogP contribution in [0.5, 0.6) is 0 Å². The van der Waals surface area contributed by atoms with Crippen LogP contribution in [-0.2, 0) is 0 Å². The van der Waals surface area contributed by atoms with E-state index in [1.54, 1.807) is 0 Å². The molecule has 0 aromatic heterocycles. The first-order chi connectivity index (χ1) is 5.68. The van der Waals surface area contributed by atoms with Crippen LogP contribution in [0.3, 0.4) is 0 Å². The van der Waals surface area contributed by atoms with Crippen LogP contribution in [0.1, 0.15) is 12.8 Å². The lowest BCUT2D eigenvalue weighted by Gasteiger charge is -2.31. The van der Waals surface area contributed by atoms with Gasteiger partial charge in [-0.2, -0.15) is 0 Å². The van der Waals surface area contributed by atoms with E-state index >= 15 is 0 Å². The minimum absolute atomic E-state index is 0.00866. The second kappa shape index (κ2) is 4.80. The van der Waals surface area contributed by atoms with Gasteiger partial charge in [-0.15, -0.1) is 0 Å². The zero-order chi connectivity index (χ0) is 8.97. The van der Waals surface area contributed by atoms with Gasteiger partial charge in [-0.3, -0.25) is 0 Å². The largest absolute Gasteiger partial charge is 0.393 e.